The molecule has 6 heteroatoms. The summed E-state index contributed by atoms with van der Waals surface area (Å²) in [5.41, 5.74) is 2.77. The number of aryl methyl sites for hydroxylation is 1. The average Bonchev–Trinajstić information content (AvgIpc) is 2.93. The monoisotopic (exact) mass is 414 g/mol. The van der Waals surface area contributed by atoms with Crippen molar-refractivity contribution in [3.63, 3.8) is 0 Å². The molecule has 0 saturated heterocycles. The first-order valence-corrected chi connectivity index (χ1v) is 9.05. The Labute approximate surface area is 159 Å². The van der Waals surface area contributed by atoms with E-state index < -0.39 is 0 Å². The van der Waals surface area contributed by atoms with Gasteiger partial charge in [0.05, 0.1) is 0 Å². The molecule has 2 amide bonds. The van der Waals surface area contributed by atoms with E-state index in [1.165, 1.54) is 0 Å². The molecule has 1 aromatic heterocycles. The number of amides is 2. The van der Waals surface area contributed by atoms with Crippen LogP contribution in [0.4, 0.5) is 11.4 Å². The highest BCUT2D eigenvalue weighted by atomic mass is 79.9. The standard InChI is InChI=1S/C20H19BrN2O3/c1-11(2)19(24)22-14-5-7-15(8-6-14)23-20(25)18-12(3)16-10-13(21)4-9-17(16)26-18/h4-11H,1-3H3,(H,22,24)(H,23,25). The van der Waals surface area contributed by atoms with Crippen molar-refractivity contribution in [2.75, 3.05) is 10.6 Å². The van der Waals surface area contributed by atoms with Gasteiger partial charge in [0.1, 0.15) is 5.58 Å². The lowest BCUT2D eigenvalue weighted by atomic mass is 10.1. The molecule has 134 valence electrons. The summed E-state index contributed by atoms with van der Waals surface area (Å²) in [6.45, 7) is 5.52. The van der Waals surface area contributed by atoms with E-state index in [0.29, 0.717) is 17.0 Å². The maximum absolute atomic E-state index is 12.6. The number of anilines is 2. The van der Waals surface area contributed by atoms with Crippen LogP contribution < -0.4 is 10.6 Å². The summed E-state index contributed by atoms with van der Waals surface area (Å²) < 4.78 is 6.63. The van der Waals surface area contributed by atoms with E-state index in [4.69, 9.17) is 4.42 Å². The highest BCUT2D eigenvalue weighted by molar-refractivity contribution is 9.10. The molecule has 0 aliphatic rings. The van der Waals surface area contributed by atoms with Crippen molar-refractivity contribution < 1.29 is 14.0 Å². The molecule has 2 N–H and O–H groups in total. The molecule has 0 saturated carbocycles. The van der Waals surface area contributed by atoms with Crippen molar-refractivity contribution in [3.8, 4) is 0 Å². The summed E-state index contributed by atoms with van der Waals surface area (Å²) in [7, 11) is 0. The molecule has 3 aromatic rings. The largest absolute Gasteiger partial charge is 0.451 e. The Morgan fingerprint density at radius 1 is 1.00 bits per heavy atom. The first-order valence-electron chi connectivity index (χ1n) is 8.26. The van der Waals surface area contributed by atoms with E-state index in [2.05, 4.69) is 26.6 Å². The van der Waals surface area contributed by atoms with Crippen molar-refractivity contribution in [2.24, 2.45) is 5.92 Å². The maximum atomic E-state index is 12.6. The quantitative estimate of drug-likeness (QED) is 0.604. The Morgan fingerprint density at radius 3 is 2.23 bits per heavy atom. The van der Waals surface area contributed by atoms with Gasteiger partial charge in [-0.15, -0.1) is 0 Å². The van der Waals surface area contributed by atoms with Crippen LogP contribution in [-0.2, 0) is 4.79 Å². The van der Waals surface area contributed by atoms with E-state index in [-0.39, 0.29) is 23.5 Å². The molecule has 0 spiro atoms. The van der Waals surface area contributed by atoms with Gasteiger partial charge < -0.3 is 15.1 Å². The smallest absolute Gasteiger partial charge is 0.291 e. The van der Waals surface area contributed by atoms with Crippen molar-refractivity contribution in [1.82, 2.24) is 0 Å². The lowest BCUT2D eigenvalue weighted by molar-refractivity contribution is -0.118. The van der Waals surface area contributed by atoms with Gasteiger partial charge in [-0.05, 0) is 49.4 Å². The second-order valence-corrected chi connectivity index (χ2v) is 7.29. The summed E-state index contributed by atoms with van der Waals surface area (Å²) in [5, 5.41) is 6.53. The average molecular weight is 415 g/mol. The van der Waals surface area contributed by atoms with Crippen molar-refractivity contribution in [3.05, 3.63) is 58.3 Å². The Kier molecular flexibility index (Phi) is 5.13. The maximum Gasteiger partial charge on any atom is 0.291 e. The molecular weight excluding hydrogens is 396 g/mol. The highest BCUT2D eigenvalue weighted by Crippen LogP contribution is 2.28. The summed E-state index contributed by atoms with van der Waals surface area (Å²) in [5.74, 6) is -0.166. The van der Waals surface area contributed by atoms with E-state index in [1.807, 2.05) is 39.0 Å². The number of rotatable bonds is 4. The second kappa shape index (κ2) is 7.33. The van der Waals surface area contributed by atoms with Gasteiger partial charge in [0.25, 0.3) is 5.91 Å². The number of benzene rings is 2. The molecule has 0 fully saturated rings. The molecular formula is C20H19BrN2O3. The highest BCUT2D eigenvalue weighted by Gasteiger charge is 2.18. The normalized spacial score (nSPS) is 11.0. The topological polar surface area (TPSA) is 71.3 Å². The van der Waals surface area contributed by atoms with Crippen molar-refractivity contribution in [2.45, 2.75) is 20.8 Å². The first kappa shape index (κ1) is 18.2. The third-order valence-corrected chi connectivity index (χ3v) is 4.53. The van der Waals surface area contributed by atoms with Gasteiger partial charge in [0.15, 0.2) is 5.76 Å². The first-order chi connectivity index (χ1) is 12.3. The molecule has 5 nitrogen and oxygen atoms in total. The number of nitrogens with one attached hydrogen (secondary N) is 2. The minimum atomic E-state index is -0.311. The van der Waals surface area contributed by atoms with Gasteiger partial charge >= 0.3 is 0 Å². The van der Waals surface area contributed by atoms with Gasteiger partial charge in [-0.25, -0.2) is 0 Å². The van der Waals surface area contributed by atoms with E-state index in [0.717, 1.165) is 15.4 Å². The van der Waals surface area contributed by atoms with Gasteiger partial charge in [-0.2, -0.15) is 0 Å². The van der Waals surface area contributed by atoms with Crippen LogP contribution in [0.2, 0.25) is 0 Å². The fourth-order valence-corrected chi connectivity index (χ4v) is 2.88. The van der Waals surface area contributed by atoms with Crippen molar-refractivity contribution >= 4 is 50.1 Å². The van der Waals surface area contributed by atoms with E-state index in [9.17, 15) is 9.59 Å². The third kappa shape index (κ3) is 3.80. The van der Waals surface area contributed by atoms with Crippen LogP contribution in [0.5, 0.6) is 0 Å². The summed E-state index contributed by atoms with van der Waals surface area (Å²) >= 11 is 3.43. The predicted octanol–water partition coefficient (Wildman–Crippen LogP) is 5.35. The molecule has 2 aromatic carbocycles. The fourth-order valence-electron chi connectivity index (χ4n) is 2.52. The molecule has 1 heterocycles. The minimum absolute atomic E-state index is 0.0501. The zero-order valence-electron chi connectivity index (χ0n) is 14.7. The van der Waals surface area contributed by atoms with Crippen LogP contribution in [0.15, 0.2) is 51.4 Å². The summed E-state index contributed by atoms with van der Waals surface area (Å²) in [6, 6.07) is 12.6. The van der Waals surface area contributed by atoms with Crippen LogP contribution in [0, 0.1) is 12.8 Å². The Morgan fingerprint density at radius 2 is 1.62 bits per heavy atom. The number of fused-ring (bicyclic) bond motifs is 1. The van der Waals surface area contributed by atoms with Gasteiger partial charge in [0, 0.05) is 32.7 Å². The van der Waals surface area contributed by atoms with Crippen LogP contribution in [-0.4, -0.2) is 11.8 Å². The lowest BCUT2D eigenvalue weighted by Gasteiger charge is -2.09. The Balaban J connectivity index is 1.76. The predicted molar refractivity (Wildman–Crippen MR) is 107 cm³/mol. The Bertz CT molecular complexity index is 975. The van der Waals surface area contributed by atoms with Crippen LogP contribution >= 0.6 is 15.9 Å². The van der Waals surface area contributed by atoms with E-state index in [1.54, 1.807) is 24.3 Å². The second-order valence-electron chi connectivity index (χ2n) is 6.37. The van der Waals surface area contributed by atoms with Crippen LogP contribution in [0.25, 0.3) is 11.0 Å². The van der Waals surface area contributed by atoms with E-state index >= 15 is 0 Å². The van der Waals surface area contributed by atoms with Crippen LogP contribution in [0.1, 0.15) is 30.0 Å². The molecule has 3 rings (SSSR count). The molecule has 0 radical (unpaired) electrons. The number of furan rings is 1. The van der Waals surface area contributed by atoms with Crippen molar-refractivity contribution in [1.29, 1.82) is 0 Å². The SMILES string of the molecule is Cc1c(C(=O)Nc2ccc(NC(=O)C(C)C)cc2)oc2ccc(Br)cc12. The van der Waals surface area contributed by atoms with Gasteiger partial charge in [-0.1, -0.05) is 29.8 Å². The van der Waals surface area contributed by atoms with Crippen LogP contribution in [0.3, 0.4) is 0 Å². The number of hydrogen-bond donors (Lipinski definition) is 2. The summed E-state index contributed by atoms with van der Waals surface area (Å²) in [6.07, 6.45) is 0. The lowest BCUT2D eigenvalue weighted by Crippen LogP contribution is -2.17. The molecule has 0 bridgehead atoms. The summed E-state index contributed by atoms with van der Waals surface area (Å²) in [4.78, 5) is 24.3. The number of carbonyl (C=O) groups excluding carboxylic acids is 2. The number of carbonyl (C=O) groups is 2. The third-order valence-electron chi connectivity index (χ3n) is 4.04. The minimum Gasteiger partial charge on any atom is -0.451 e. The number of halogens is 1. The zero-order chi connectivity index (χ0) is 18.8. The van der Waals surface area contributed by atoms with Gasteiger partial charge in [0.2, 0.25) is 5.91 Å². The number of hydrogen-bond acceptors (Lipinski definition) is 3. The molecule has 0 aliphatic heterocycles. The molecule has 0 unspecified atom stereocenters. The molecule has 0 atom stereocenters. The molecule has 0 aliphatic carbocycles. The zero-order valence-corrected chi connectivity index (χ0v) is 16.3. The van der Waals surface area contributed by atoms with Gasteiger partial charge in [-0.3, -0.25) is 9.59 Å². The Hall–Kier alpha value is -2.60. The fraction of sp³-hybridized carbons (Fsp3) is 0.200. The molecule has 26 heavy (non-hydrogen) atoms.